The second kappa shape index (κ2) is 11.4. The monoisotopic (exact) mass is 477 g/mol. The van der Waals surface area contributed by atoms with Crippen molar-refractivity contribution in [3.63, 3.8) is 0 Å². The van der Waals surface area contributed by atoms with E-state index in [2.05, 4.69) is 41.3 Å². The number of anilines is 2. The molecule has 2 aliphatic heterocycles. The second-order valence-electron chi connectivity index (χ2n) is 9.03. The van der Waals surface area contributed by atoms with Gasteiger partial charge in [-0.25, -0.2) is 4.68 Å². The molecule has 8 nitrogen and oxygen atoms in total. The number of aromatic nitrogens is 2. The summed E-state index contributed by atoms with van der Waals surface area (Å²) in [4.78, 5) is 29.3. The lowest BCUT2D eigenvalue weighted by Crippen LogP contribution is -2.37. The molecule has 0 bridgehead atoms. The first-order valence-electron chi connectivity index (χ1n) is 12.4. The third-order valence-corrected chi connectivity index (χ3v) is 6.44. The molecule has 1 saturated heterocycles. The SMILES string of the molecule is C/C=C(\C=C(/C)c1ccc(NC(=O)CCC(=O)N2CCCn3nc(C)cc32)cc1)N1CCOCC1. The van der Waals surface area contributed by atoms with Gasteiger partial charge in [-0.1, -0.05) is 18.2 Å². The lowest BCUT2D eigenvalue weighted by atomic mass is 10.1. The minimum absolute atomic E-state index is 0.0443. The van der Waals surface area contributed by atoms with Crippen molar-refractivity contribution in [3.05, 3.63) is 59.4 Å². The number of aryl methyl sites for hydroxylation is 2. The Kier molecular flexibility index (Phi) is 8.02. The predicted molar refractivity (Wildman–Crippen MR) is 138 cm³/mol. The van der Waals surface area contributed by atoms with Crippen LogP contribution in [0.25, 0.3) is 5.57 Å². The van der Waals surface area contributed by atoms with E-state index in [4.69, 9.17) is 4.74 Å². The standard InChI is InChI=1S/C27H35N5O3/c1-4-24(30-14-16-35-17-15-30)18-20(2)22-6-8-23(9-7-22)28-25(33)10-11-27(34)31-12-5-13-32-26(31)19-21(3)29-32/h4,6-9,18-19H,5,10-17H2,1-3H3,(H,28,33)/b20-18+,24-4+. The summed E-state index contributed by atoms with van der Waals surface area (Å²) in [5.41, 5.74) is 5.07. The second-order valence-corrected chi connectivity index (χ2v) is 9.03. The van der Waals surface area contributed by atoms with Crippen LogP contribution in [-0.2, 0) is 20.9 Å². The van der Waals surface area contributed by atoms with Gasteiger partial charge in [-0.3, -0.25) is 14.5 Å². The smallest absolute Gasteiger partial charge is 0.228 e. The van der Waals surface area contributed by atoms with Crippen molar-refractivity contribution < 1.29 is 14.3 Å². The van der Waals surface area contributed by atoms with Gasteiger partial charge in [0, 0.05) is 56.5 Å². The number of carbonyl (C=O) groups is 2. The van der Waals surface area contributed by atoms with E-state index in [0.29, 0.717) is 6.54 Å². The zero-order valence-electron chi connectivity index (χ0n) is 20.9. The van der Waals surface area contributed by atoms with Gasteiger partial charge in [0.2, 0.25) is 11.8 Å². The summed E-state index contributed by atoms with van der Waals surface area (Å²) in [6, 6.07) is 9.76. The van der Waals surface area contributed by atoms with Crippen LogP contribution < -0.4 is 10.2 Å². The molecule has 0 aliphatic carbocycles. The summed E-state index contributed by atoms with van der Waals surface area (Å²) >= 11 is 0. The number of benzene rings is 1. The molecule has 186 valence electrons. The predicted octanol–water partition coefficient (Wildman–Crippen LogP) is 3.99. The Balaban J connectivity index is 1.30. The minimum Gasteiger partial charge on any atom is -0.378 e. The van der Waals surface area contributed by atoms with Crippen LogP contribution in [0, 0.1) is 6.92 Å². The van der Waals surface area contributed by atoms with Crippen molar-refractivity contribution in [2.24, 2.45) is 0 Å². The average molecular weight is 478 g/mol. The summed E-state index contributed by atoms with van der Waals surface area (Å²) in [6.45, 7) is 10.9. The van der Waals surface area contributed by atoms with E-state index in [1.807, 2.05) is 41.9 Å². The molecule has 2 aromatic rings. The number of allylic oxidation sites excluding steroid dienone is 3. The van der Waals surface area contributed by atoms with Crippen molar-refractivity contribution in [1.29, 1.82) is 0 Å². The number of ether oxygens (including phenoxy) is 1. The maximum Gasteiger partial charge on any atom is 0.228 e. The van der Waals surface area contributed by atoms with Crippen molar-refractivity contribution >= 4 is 28.9 Å². The Morgan fingerprint density at radius 2 is 1.83 bits per heavy atom. The third kappa shape index (κ3) is 6.19. The van der Waals surface area contributed by atoms with Crippen molar-refractivity contribution in [1.82, 2.24) is 14.7 Å². The van der Waals surface area contributed by atoms with E-state index in [0.717, 1.165) is 67.6 Å². The summed E-state index contributed by atoms with van der Waals surface area (Å²) in [5, 5.41) is 7.34. The molecule has 1 aromatic heterocycles. The largest absolute Gasteiger partial charge is 0.378 e. The highest BCUT2D eigenvalue weighted by atomic mass is 16.5. The van der Waals surface area contributed by atoms with Crippen LogP contribution in [0.15, 0.2) is 48.2 Å². The molecule has 2 amide bonds. The van der Waals surface area contributed by atoms with Gasteiger partial charge in [0.05, 0.1) is 18.9 Å². The summed E-state index contributed by atoms with van der Waals surface area (Å²) < 4.78 is 7.33. The molecule has 0 saturated carbocycles. The zero-order valence-corrected chi connectivity index (χ0v) is 20.9. The van der Waals surface area contributed by atoms with Crippen LogP contribution in [0.3, 0.4) is 0 Å². The molecule has 0 atom stereocenters. The lowest BCUT2D eigenvalue weighted by molar-refractivity contribution is -0.122. The van der Waals surface area contributed by atoms with Gasteiger partial charge in [0.25, 0.3) is 0 Å². The van der Waals surface area contributed by atoms with E-state index in [-0.39, 0.29) is 24.7 Å². The van der Waals surface area contributed by atoms with Crippen LogP contribution in [-0.4, -0.2) is 59.3 Å². The highest BCUT2D eigenvalue weighted by Crippen LogP contribution is 2.23. The van der Waals surface area contributed by atoms with Crippen molar-refractivity contribution in [2.45, 2.75) is 46.6 Å². The molecule has 0 unspecified atom stereocenters. The third-order valence-electron chi connectivity index (χ3n) is 6.44. The van der Waals surface area contributed by atoms with E-state index in [1.54, 1.807) is 4.90 Å². The van der Waals surface area contributed by atoms with E-state index in [1.165, 1.54) is 5.70 Å². The molecule has 35 heavy (non-hydrogen) atoms. The molecular formula is C27H35N5O3. The van der Waals surface area contributed by atoms with Gasteiger partial charge in [0.15, 0.2) is 0 Å². The fraction of sp³-hybridized carbons (Fsp3) is 0.444. The Labute approximate surface area is 207 Å². The molecule has 2 aliphatic rings. The molecule has 0 radical (unpaired) electrons. The number of hydrogen-bond donors (Lipinski definition) is 1. The van der Waals surface area contributed by atoms with Crippen LogP contribution in [0.2, 0.25) is 0 Å². The van der Waals surface area contributed by atoms with E-state index < -0.39 is 0 Å². The highest BCUT2D eigenvalue weighted by molar-refractivity contribution is 5.97. The molecule has 3 heterocycles. The Bertz CT molecular complexity index is 1110. The number of nitrogens with zero attached hydrogens (tertiary/aromatic N) is 4. The number of amides is 2. The summed E-state index contributed by atoms with van der Waals surface area (Å²) in [5.74, 6) is 0.619. The van der Waals surface area contributed by atoms with Gasteiger partial charge in [-0.15, -0.1) is 0 Å². The Morgan fingerprint density at radius 3 is 2.54 bits per heavy atom. The quantitative estimate of drug-likeness (QED) is 0.610. The highest BCUT2D eigenvalue weighted by Gasteiger charge is 2.24. The normalized spacial score (nSPS) is 16.8. The van der Waals surface area contributed by atoms with Crippen molar-refractivity contribution in [2.75, 3.05) is 43.1 Å². The number of carbonyl (C=O) groups excluding carboxylic acids is 2. The minimum atomic E-state index is -0.163. The first kappa shape index (κ1) is 24.7. The number of nitrogens with one attached hydrogen (secondary N) is 1. The van der Waals surface area contributed by atoms with Crippen LogP contribution in [0.5, 0.6) is 0 Å². The molecule has 1 fully saturated rings. The first-order valence-corrected chi connectivity index (χ1v) is 12.4. The maximum atomic E-state index is 12.8. The number of rotatable bonds is 7. The molecular weight excluding hydrogens is 442 g/mol. The molecule has 1 aromatic carbocycles. The van der Waals surface area contributed by atoms with E-state index in [9.17, 15) is 9.59 Å². The molecule has 1 N–H and O–H groups in total. The van der Waals surface area contributed by atoms with Crippen LogP contribution in [0.1, 0.15) is 44.4 Å². The lowest BCUT2D eigenvalue weighted by Gasteiger charge is -2.30. The summed E-state index contributed by atoms with van der Waals surface area (Å²) in [7, 11) is 0. The topological polar surface area (TPSA) is 79.7 Å². The van der Waals surface area contributed by atoms with Crippen LogP contribution >= 0.6 is 0 Å². The summed E-state index contributed by atoms with van der Waals surface area (Å²) in [6.07, 6.45) is 5.51. The van der Waals surface area contributed by atoms with E-state index >= 15 is 0 Å². The molecule has 4 rings (SSSR count). The number of hydrogen-bond acceptors (Lipinski definition) is 5. The van der Waals surface area contributed by atoms with Gasteiger partial charge in [-0.05, 0) is 56.5 Å². The van der Waals surface area contributed by atoms with Crippen LogP contribution in [0.4, 0.5) is 11.5 Å². The molecule has 8 heteroatoms. The fourth-order valence-corrected chi connectivity index (χ4v) is 4.54. The number of fused-ring (bicyclic) bond motifs is 1. The van der Waals surface area contributed by atoms with Gasteiger partial charge in [-0.2, -0.15) is 5.10 Å². The fourth-order valence-electron chi connectivity index (χ4n) is 4.54. The molecule has 0 spiro atoms. The maximum absolute atomic E-state index is 12.8. The van der Waals surface area contributed by atoms with Crippen molar-refractivity contribution in [3.8, 4) is 0 Å². The Morgan fingerprint density at radius 1 is 1.09 bits per heavy atom. The van der Waals surface area contributed by atoms with Gasteiger partial charge >= 0.3 is 0 Å². The van der Waals surface area contributed by atoms with Gasteiger partial charge < -0.3 is 15.0 Å². The average Bonchev–Trinajstić information content (AvgIpc) is 3.27. The Hall–Kier alpha value is -3.39. The van der Waals surface area contributed by atoms with Gasteiger partial charge in [0.1, 0.15) is 5.82 Å². The zero-order chi connectivity index (χ0) is 24.8. The first-order chi connectivity index (χ1) is 16.9. The number of morpholine rings is 1.